The van der Waals surface area contributed by atoms with Gasteiger partial charge in [0.1, 0.15) is 18.1 Å². The maximum atomic E-state index is 13.6. The highest BCUT2D eigenvalue weighted by molar-refractivity contribution is 5.88. The van der Waals surface area contributed by atoms with Gasteiger partial charge in [-0.2, -0.15) is 4.80 Å². The Labute approximate surface area is 207 Å². The first-order valence-electron chi connectivity index (χ1n) is 11.4. The third kappa shape index (κ3) is 6.21. The van der Waals surface area contributed by atoms with E-state index in [1.165, 1.54) is 35.4 Å². The Bertz CT molecular complexity index is 1300. The molecule has 0 spiro atoms. The third-order valence-electron chi connectivity index (χ3n) is 5.22. The van der Waals surface area contributed by atoms with Crippen molar-refractivity contribution in [3.05, 3.63) is 90.1 Å². The number of halogens is 1. The van der Waals surface area contributed by atoms with Gasteiger partial charge in [0.05, 0.1) is 6.26 Å². The summed E-state index contributed by atoms with van der Waals surface area (Å²) in [6.45, 7) is 5.49. The van der Waals surface area contributed by atoms with Crippen LogP contribution in [0, 0.1) is 5.82 Å². The molecular weight excluding hydrogens is 463 g/mol. The first-order valence-corrected chi connectivity index (χ1v) is 11.4. The van der Waals surface area contributed by atoms with Crippen molar-refractivity contribution >= 4 is 11.8 Å². The number of nitrogens with zero attached hydrogens (tertiary/aromatic N) is 5. The number of hydrogen-bond acceptors (Lipinski definition) is 6. The SMILES string of the molecule is CC(C)(C)NC(=O)C(c1ccco1)N(Cc1ccccc1)C(=O)Cn1nnc(-c2ccc(F)cc2)n1. The molecule has 186 valence electrons. The number of amides is 2. The van der Waals surface area contributed by atoms with Crippen LogP contribution in [0.25, 0.3) is 11.4 Å². The van der Waals surface area contributed by atoms with E-state index in [-0.39, 0.29) is 30.6 Å². The minimum absolute atomic E-state index is 0.155. The summed E-state index contributed by atoms with van der Waals surface area (Å²) in [6.07, 6.45) is 1.46. The summed E-state index contributed by atoms with van der Waals surface area (Å²) in [5.41, 5.74) is 0.875. The minimum Gasteiger partial charge on any atom is -0.467 e. The third-order valence-corrected chi connectivity index (χ3v) is 5.22. The summed E-state index contributed by atoms with van der Waals surface area (Å²) < 4.78 is 18.8. The number of hydrogen-bond donors (Lipinski definition) is 1. The number of aromatic nitrogens is 4. The summed E-state index contributed by atoms with van der Waals surface area (Å²) in [5, 5.41) is 15.2. The quantitative estimate of drug-likeness (QED) is 0.403. The van der Waals surface area contributed by atoms with E-state index < -0.39 is 17.5 Å². The van der Waals surface area contributed by atoms with Crippen molar-refractivity contribution in [3.63, 3.8) is 0 Å². The standard InChI is InChI=1S/C26H27FN6O3/c1-26(2,3)28-25(35)23(21-10-7-15-36-21)32(16-18-8-5-4-6-9-18)22(34)17-33-30-24(29-31-33)19-11-13-20(27)14-12-19/h4-15,23H,16-17H2,1-3H3,(H,28,35). The van der Waals surface area contributed by atoms with Crippen LogP contribution in [-0.4, -0.2) is 42.5 Å². The molecule has 10 heteroatoms. The zero-order chi connectivity index (χ0) is 25.7. The van der Waals surface area contributed by atoms with Gasteiger partial charge in [0.2, 0.25) is 11.7 Å². The van der Waals surface area contributed by atoms with E-state index in [0.717, 1.165) is 10.4 Å². The Morgan fingerprint density at radius 3 is 2.42 bits per heavy atom. The maximum absolute atomic E-state index is 13.6. The molecule has 1 atom stereocenters. The zero-order valence-electron chi connectivity index (χ0n) is 20.3. The molecule has 2 amide bonds. The van der Waals surface area contributed by atoms with Crippen molar-refractivity contribution in [3.8, 4) is 11.4 Å². The molecule has 0 aliphatic carbocycles. The highest BCUT2D eigenvalue weighted by atomic mass is 19.1. The molecule has 2 heterocycles. The lowest BCUT2D eigenvalue weighted by Crippen LogP contribution is -2.49. The van der Waals surface area contributed by atoms with Crippen molar-refractivity contribution in [1.29, 1.82) is 0 Å². The van der Waals surface area contributed by atoms with E-state index in [9.17, 15) is 14.0 Å². The van der Waals surface area contributed by atoms with Gasteiger partial charge in [-0.1, -0.05) is 30.3 Å². The van der Waals surface area contributed by atoms with E-state index >= 15 is 0 Å². The Hall–Kier alpha value is -4.34. The number of nitrogens with one attached hydrogen (secondary N) is 1. The molecule has 9 nitrogen and oxygen atoms in total. The first-order chi connectivity index (χ1) is 17.2. The molecule has 0 saturated carbocycles. The van der Waals surface area contributed by atoms with Gasteiger partial charge in [0, 0.05) is 17.6 Å². The summed E-state index contributed by atoms with van der Waals surface area (Å²) in [5.74, 6) is -0.576. The molecule has 0 fully saturated rings. The van der Waals surface area contributed by atoms with Gasteiger partial charge in [-0.15, -0.1) is 10.2 Å². The molecule has 0 bridgehead atoms. The molecule has 0 aliphatic rings. The molecule has 2 aromatic heterocycles. The Morgan fingerprint density at radius 1 is 1.06 bits per heavy atom. The molecule has 0 saturated heterocycles. The first kappa shape index (κ1) is 24.8. The van der Waals surface area contributed by atoms with Crippen LogP contribution in [0.1, 0.15) is 38.1 Å². The van der Waals surface area contributed by atoms with Crippen LogP contribution in [-0.2, 0) is 22.7 Å². The van der Waals surface area contributed by atoms with Gasteiger partial charge in [0.25, 0.3) is 5.91 Å². The number of carbonyl (C=O) groups excluding carboxylic acids is 2. The Kier molecular flexibility index (Phi) is 7.23. The predicted octanol–water partition coefficient (Wildman–Crippen LogP) is 3.76. The number of furan rings is 1. The van der Waals surface area contributed by atoms with Crippen LogP contribution in [0.3, 0.4) is 0 Å². The molecule has 36 heavy (non-hydrogen) atoms. The van der Waals surface area contributed by atoms with Gasteiger partial charge >= 0.3 is 0 Å². The van der Waals surface area contributed by atoms with Crippen molar-refractivity contribution < 1.29 is 18.4 Å². The van der Waals surface area contributed by atoms with Gasteiger partial charge in [0.15, 0.2) is 6.04 Å². The van der Waals surface area contributed by atoms with Crippen molar-refractivity contribution in [1.82, 2.24) is 30.4 Å². The van der Waals surface area contributed by atoms with Crippen LogP contribution in [0.15, 0.2) is 77.4 Å². The van der Waals surface area contributed by atoms with Gasteiger partial charge in [-0.3, -0.25) is 9.59 Å². The largest absolute Gasteiger partial charge is 0.467 e. The molecule has 0 aliphatic heterocycles. The highest BCUT2D eigenvalue weighted by Gasteiger charge is 2.35. The van der Waals surface area contributed by atoms with Crippen LogP contribution in [0.4, 0.5) is 4.39 Å². The normalized spacial score (nSPS) is 12.2. The molecule has 2 aromatic carbocycles. The number of carbonyl (C=O) groups is 2. The highest BCUT2D eigenvalue weighted by Crippen LogP contribution is 2.26. The summed E-state index contributed by atoms with van der Waals surface area (Å²) in [6, 6.07) is 17.3. The molecule has 4 rings (SSSR count). The predicted molar refractivity (Wildman–Crippen MR) is 130 cm³/mol. The number of rotatable bonds is 8. The molecule has 4 aromatic rings. The fraction of sp³-hybridized carbons (Fsp3) is 0.269. The fourth-order valence-corrected chi connectivity index (χ4v) is 3.65. The molecule has 1 unspecified atom stereocenters. The van der Waals surface area contributed by atoms with Crippen molar-refractivity contribution in [2.45, 2.75) is 45.4 Å². The molecular formula is C26H27FN6O3. The monoisotopic (exact) mass is 490 g/mol. The summed E-state index contributed by atoms with van der Waals surface area (Å²) in [4.78, 5) is 29.6. The van der Waals surface area contributed by atoms with Gasteiger partial charge < -0.3 is 14.6 Å². The van der Waals surface area contributed by atoms with Gasteiger partial charge in [-0.05, 0) is 67.9 Å². The zero-order valence-corrected chi connectivity index (χ0v) is 20.3. The molecule has 0 radical (unpaired) electrons. The van der Waals surface area contributed by atoms with E-state index in [0.29, 0.717) is 11.3 Å². The lowest BCUT2D eigenvalue weighted by molar-refractivity contribution is -0.143. The van der Waals surface area contributed by atoms with E-state index in [1.54, 1.807) is 12.1 Å². The van der Waals surface area contributed by atoms with E-state index in [4.69, 9.17) is 4.42 Å². The second-order valence-electron chi connectivity index (χ2n) is 9.31. The molecule has 1 N–H and O–H groups in total. The smallest absolute Gasteiger partial charge is 0.251 e. The van der Waals surface area contributed by atoms with Gasteiger partial charge in [-0.25, -0.2) is 4.39 Å². The van der Waals surface area contributed by atoms with Crippen molar-refractivity contribution in [2.24, 2.45) is 0 Å². The Morgan fingerprint density at radius 2 is 1.78 bits per heavy atom. The number of benzene rings is 2. The lowest BCUT2D eigenvalue weighted by Gasteiger charge is -2.32. The van der Waals surface area contributed by atoms with Crippen LogP contribution in [0.5, 0.6) is 0 Å². The average Bonchev–Trinajstić information content (AvgIpc) is 3.51. The number of tetrazole rings is 1. The van der Waals surface area contributed by atoms with Crippen LogP contribution < -0.4 is 5.32 Å². The fourth-order valence-electron chi connectivity index (χ4n) is 3.65. The lowest BCUT2D eigenvalue weighted by atomic mass is 10.1. The maximum Gasteiger partial charge on any atom is 0.251 e. The van der Waals surface area contributed by atoms with E-state index in [2.05, 4.69) is 20.7 Å². The van der Waals surface area contributed by atoms with E-state index in [1.807, 2.05) is 51.1 Å². The van der Waals surface area contributed by atoms with Crippen molar-refractivity contribution in [2.75, 3.05) is 0 Å². The van der Waals surface area contributed by atoms with Crippen LogP contribution >= 0.6 is 0 Å². The topological polar surface area (TPSA) is 106 Å². The Balaban J connectivity index is 1.64. The second kappa shape index (κ2) is 10.5. The minimum atomic E-state index is -1.02. The summed E-state index contributed by atoms with van der Waals surface area (Å²) >= 11 is 0. The summed E-state index contributed by atoms with van der Waals surface area (Å²) in [7, 11) is 0. The van der Waals surface area contributed by atoms with Crippen LogP contribution in [0.2, 0.25) is 0 Å². The second-order valence-corrected chi connectivity index (χ2v) is 9.31. The average molecular weight is 491 g/mol.